The molecular formula is C17H26FNO. The number of hydrogen-bond acceptors (Lipinski definition) is 2. The second-order valence-electron chi connectivity index (χ2n) is 5.73. The third-order valence-electron chi connectivity index (χ3n) is 4.04. The summed E-state index contributed by atoms with van der Waals surface area (Å²) in [6.07, 6.45) is 5.89. The Labute approximate surface area is 121 Å². The zero-order valence-corrected chi connectivity index (χ0v) is 12.6. The van der Waals surface area contributed by atoms with Gasteiger partial charge < -0.3 is 10.1 Å². The molecule has 2 nitrogen and oxygen atoms in total. The van der Waals surface area contributed by atoms with Gasteiger partial charge in [-0.2, -0.15) is 0 Å². The molecule has 1 aliphatic heterocycles. The van der Waals surface area contributed by atoms with Gasteiger partial charge in [0.1, 0.15) is 5.82 Å². The van der Waals surface area contributed by atoms with E-state index in [1.165, 1.54) is 12.8 Å². The Hall–Kier alpha value is -0.930. The predicted octanol–water partition coefficient (Wildman–Crippen LogP) is 4.13. The molecule has 0 bridgehead atoms. The molecule has 0 aromatic heterocycles. The second kappa shape index (κ2) is 7.75. The molecule has 2 atom stereocenters. The van der Waals surface area contributed by atoms with Crippen molar-refractivity contribution >= 4 is 0 Å². The largest absolute Gasteiger partial charge is 0.378 e. The Morgan fingerprint density at radius 3 is 2.95 bits per heavy atom. The van der Waals surface area contributed by atoms with Crippen molar-refractivity contribution in [1.82, 2.24) is 5.32 Å². The van der Waals surface area contributed by atoms with Gasteiger partial charge in [0.05, 0.1) is 6.10 Å². The molecule has 0 aliphatic carbocycles. The van der Waals surface area contributed by atoms with Crippen molar-refractivity contribution in [2.45, 2.75) is 58.1 Å². The molecule has 1 heterocycles. The van der Waals surface area contributed by atoms with Crippen molar-refractivity contribution in [2.24, 2.45) is 0 Å². The van der Waals surface area contributed by atoms with Crippen molar-refractivity contribution in [1.29, 1.82) is 0 Å². The van der Waals surface area contributed by atoms with Crippen LogP contribution in [0.4, 0.5) is 4.39 Å². The molecule has 20 heavy (non-hydrogen) atoms. The first-order chi connectivity index (χ1) is 9.70. The summed E-state index contributed by atoms with van der Waals surface area (Å²) in [5, 5.41) is 3.53. The van der Waals surface area contributed by atoms with Gasteiger partial charge in [0.15, 0.2) is 0 Å². The van der Waals surface area contributed by atoms with Gasteiger partial charge in [0.2, 0.25) is 0 Å². The first-order valence-electron chi connectivity index (χ1n) is 7.81. The number of aryl methyl sites for hydroxylation is 1. The summed E-state index contributed by atoms with van der Waals surface area (Å²) >= 11 is 0. The number of hydrogen-bond donors (Lipinski definition) is 1. The van der Waals surface area contributed by atoms with E-state index < -0.39 is 0 Å². The van der Waals surface area contributed by atoms with E-state index in [9.17, 15) is 4.39 Å². The lowest BCUT2D eigenvalue weighted by Gasteiger charge is -2.21. The van der Waals surface area contributed by atoms with Gasteiger partial charge in [-0.05, 0) is 62.8 Å². The van der Waals surface area contributed by atoms with E-state index in [1.54, 1.807) is 13.0 Å². The van der Waals surface area contributed by atoms with Crippen LogP contribution in [-0.2, 0) is 4.74 Å². The first kappa shape index (κ1) is 15.5. The number of nitrogens with one attached hydrogen (secondary N) is 1. The smallest absolute Gasteiger partial charge is 0.126 e. The van der Waals surface area contributed by atoms with E-state index >= 15 is 0 Å². The zero-order valence-electron chi connectivity index (χ0n) is 12.6. The number of rotatable bonds is 7. The van der Waals surface area contributed by atoms with Crippen LogP contribution >= 0.6 is 0 Å². The van der Waals surface area contributed by atoms with Crippen LogP contribution in [-0.4, -0.2) is 19.3 Å². The molecule has 0 amide bonds. The highest BCUT2D eigenvalue weighted by Crippen LogP contribution is 2.25. The molecule has 2 rings (SSSR count). The monoisotopic (exact) mass is 279 g/mol. The van der Waals surface area contributed by atoms with Gasteiger partial charge >= 0.3 is 0 Å². The quantitative estimate of drug-likeness (QED) is 0.810. The van der Waals surface area contributed by atoms with E-state index in [0.717, 1.165) is 38.0 Å². The van der Waals surface area contributed by atoms with E-state index in [-0.39, 0.29) is 11.9 Å². The summed E-state index contributed by atoms with van der Waals surface area (Å²) in [5.41, 5.74) is 1.77. The third-order valence-corrected chi connectivity index (χ3v) is 4.04. The van der Waals surface area contributed by atoms with Gasteiger partial charge in [-0.1, -0.05) is 19.1 Å². The maximum atomic E-state index is 13.8. The Morgan fingerprint density at radius 2 is 2.30 bits per heavy atom. The Kier molecular flexibility index (Phi) is 5.99. The summed E-state index contributed by atoms with van der Waals surface area (Å²) in [4.78, 5) is 0. The summed E-state index contributed by atoms with van der Waals surface area (Å²) in [5.74, 6) is -0.108. The lowest BCUT2D eigenvalue weighted by Crippen LogP contribution is -2.23. The van der Waals surface area contributed by atoms with Crippen molar-refractivity contribution in [3.05, 3.63) is 35.1 Å². The van der Waals surface area contributed by atoms with Gasteiger partial charge in [-0.15, -0.1) is 0 Å². The van der Waals surface area contributed by atoms with Crippen LogP contribution < -0.4 is 5.32 Å². The Balaban J connectivity index is 1.99. The van der Waals surface area contributed by atoms with Crippen molar-refractivity contribution < 1.29 is 9.13 Å². The lowest BCUT2D eigenvalue weighted by molar-refractivity contribution is 0.0996. The molecule has 0 saturated carbocycles. The molecule has 1 aromatic carbocycles. The van der Waals surface area contributed by atoms with Gasteiger partial charge in [-0.3, -0.25) is 0 Å². The average molecular weight is 279 g/mol. The average Bonchev–Trinajstić information content (AvgIpc) is 2.95. The molecule has 1 N–H and O–H groups in total. The molecule has 112 valence electrons. The third kappa shape index (κ3) is 4.29. The highest BCUT2D eigenvalue weighted by atomic mass is 19.1. The van der Waals surface area contributed by atoms with Crippen molar-refractivity contribution in [2.75, 3.05) is 13.2 Å². The summed E-state index contributed by atoms with van der Waals surface area (Å²) in [7, 11) is 0. The van der Waals surface area contributed by atoms with Gasteiger partial charge in [-0.25, -0.2) is 4.39 Å². The topological polar surface area (TPSA) is 21.3 Å². The summed E-state index contributed by atoms with van der Waals surface area (Å²) in [6.45, 7) is 5.82. The maximum absolute atomic E-state index is 13.8. The minimum absolute atomic E-state index is 0.108. The maximum Gasteiger partial charge on any atom is 0.126 e. The summed E-state index contributed by atoms with van der Waals surface area (Å²) < 4.78 is 19.4. The van der Waals surface area contributed by atoms with Crippen LogP contribution in [0.15, 0.2) is 18.2 Å². The van der Waals surface area contributed by atoms with E-state index in [2.05, 4.69) is 12.2 Å². The molecule has 0 radical (unpaired) electrons. The van der Waals surface area contributed by atoms with Crippen LogP contribution in [0.2, 0.25) is 0 Å². The number of halogens is 1. The van der Waals surface area contributed by atoms with Crippen LogP contribution in [0.5, 0.6) is 0 Å². The number of benzene rings is 1. The van der Waals surface area contributed by atoms with E-state index in [0.29, 0.717) is 11.7 Å². The standard InChI is InChI=1S/C17H26FNO/c1-3-10-19-17(9-8-15-5-4-11-20-15)14-7-6-13(2)16(18)12-14/h6-7,12,15,17,19H,3-5,8-11H2,1-2H3. The van der Waals surface area contributed by atoms with E-state index in [4.69, 9.17) is 4.74 Å². The summed E-state index contributed by atoms with van der Waals surface area (Å²) in [6, 6.07) is 5.82. The minimum Gasteiger partial charge on any atom is -0.378 e. The van der Waals surface area contributed by atoms with Crippen molar-refractivity contribution in [3.63, 3.8) is 0 Å². The normalized spacial score (nSPS) is 20.2. The van der Waals surface area contributed by atoms with Gasteiger partial charge in [0, 0.05) is 12.6 Å². The highest BCUT2D eigenvalue weighted by molar-refractivity contribution is 5.25. The van der Waals surface area contributed by atoms with Crippen LogP contribution in [0.25, 0.3) is 0 Å². The molecule has 0 spiro atoms. The second-order valence-corrected chi connectivity index (χ2v) is 5.73. The first-order valence-corrected chi connectivity index (χ1v) is 7.81. The van der Waals surface area contributed by atoms with Crippen molar-refractivity contribution in [3.8, 4) is 0 Å². The fourth-order valence-electron chi connectivity index (χ4n) is 2.76. The molecular weight excluding hydrogens is 253 g/mol. The molecule has 1 aromatic rings. The fourth-order valence-corrected chi connectivity index (χ4v) is 2.76. The van der Waals surface area contributed by atoms with Crippen LogP contribution in [0, 0.1) is 12.7 Å². The molecule has 1 fully saturated rings. The molecule has 1 aliphatic rings. The Morgan fingerprint density at radius 1 is 1.45 bits per heavy atom. The highest BCUT2D eigenvalue weighted by Gasteiger charge is 2.19. The SMILES string of the molecule is CCCNC(CCC1CCCO1)c1ccc(C)c(F)c1. The van der Waals surface area contributed by atoms with Gasteiger partial charge in [0.25, 0.3) is 0 Å². The van der Waals surface area contributed by atoms with Crippen LogP contribution in [0.3, 0.4) is 0 Å². The minimum atomic E-state index is -0.108. The zero-order chi connectivity index (χ0) is 14.4. The van der Waals surface area contributed by atoms with E-state index in [1.807, 2.05) is 12.1 Å². The lowest BCUT2D eigenvalue weighted by atomic mass is 9.98. The molecule has 2 unspecified atom stereocenters. The number of ether oxygens (including phenoxy) is 1. The Bertz CT molecular complexity index is 415. The predicted molar refractivity (Wildman–Crippen MR) is 80.4 cm³/mol. The fraction of sp³-hybridized carbons (Fsp3) is 0.647. The molecule has 3 heteroatoms. The van der Waals surface area contributed by atoms with Crippen LogP contribution in [0.1, 0.15) is 56.2 Å². The molecule has 1 saturated heterocycles.